The highest BCUT2D eigenvalue weighted by atomic mass is 14.2. The van der Waals surface area contributed by atoms with Crippen molar-refractivity contribution in [3.05, 3.63) is 70.3 Å². The van der Waals surface area contributed by atoms with Crippen molar-refractivity contribution >= 4 is 11.1 Å². The molecule has 18 heavy (non-hydrogen) atoms. The van der Waals surface area contributed by atoms with Gasteiger partial charge in [-0.15, -0.1) is 0 Å². The summed E-state index contributed by atoms with van der Waals surface area (Å²) < 4.78 is 0. The lowest BCUT2D eigenvalue weighted by molar-refractivity contribution is 1.25. The molecule has 0 aliphatic heterocycles. The van der Waals surface area contributed by atoms with Gasteiger partial charge in [0, 0.05) is 0 Å². The lowest BCUT2D eigenvalue weighted by atomic mass is 9.98. The molecule has 3 rings (SSSR count). The number of fused-ring (bicyclic) bond motifs is 1. The SMILES string of the molecule is CC1=C(c2ccccc2)Cc2cc(C)cc(C)c21. The fraction of sp³-hybridized carbons (Fsp3) is 0.222. The molecule has 0 atom stereocenters. The van der Waals surface area contributed by atoms with Gasteiger partial charge in [0.15, 0.2) is 0 Å². The van der Waals surface area contributed by atoms with Crippen LogP contribution in [0.25, 0.3) is 11.1 Å². The van der Waals surface area contributed by atoms with Gasteiger partial charge in [0.05, 0.1) is 0 Å². The fourth-order valence-corrected chi connectivity index (χ4v) is 3.16. The van der Waals surface area contributed by atoms with Crippen molar-refractivity contribution in [2.75, 3.05) is 0 Å². The van der Waals surface area contributed by atoms with E-state index < -0.39 is 0 Å². The Balaban J connectivity index is 2.15. The van der Waals surface area contributed by atoms with Gasteiger partial charge in [-0.1, -0.05) is 48.0 Å². The van der Waals surface area contributed by atoms with E-state index in [1.54, 1.807) is 0 Å². The third-order valence-corrected chi connectivity index (χ3v) is 3.88. The summed E-state index contributed by atoms with van der Waals surface area (Å²) in [4.78, 5) is 0. The van der Waals surface area contributed by atoms with Crippen LogP contribution >= 0.6 is 0 Å². The highest BCUT2D eigenvalue weighted by Gasteiger charge is 2.21. The van der Waals surface area contributed by atoms with Crippen molar-refractivity contribution in [1.82, 2.24) is 0 Å². The Kier molecular flexibility index (Phi) is 2.59. The van der Waals surface area contributed by atoms with Crippen molar-refractivity contribution in [2.45, 2.75) is 27.2 Å². The molecule has 0 bridgehead atoms. The molecule has 1 aliphatic rings. The molecule has 0 aromatic heterocycles. The lowest BCUT2D eigenvalue weighted by Gasteiger charge is -2.07. The second kappa shape index (κ2) is 4.13. The average molecular weight is 234 g/mol. The molecule has 2 aromatic carbocycles. The topological polar surface area (TPSA) is 0 Å². The highest BCUT2D eigenvalue weighted by molar-refractivity contribution is 5.97. The van der Waals surface area contributed by atoms with E-state index in [9.17, 15) is 0 Å². The molecule has 0 nitrogen and oxygen atoms in total. The van der Waals surface area contributed by atoms with E-state index in [-0.39, 0.29) is 0 Å². The van der Waals surface area contributed by atoms with Crippen LogP contribution in [0.5, 0.6) is 0 Å². The van der Waals surface area contributed by atoms with Crippen LogP contribution in [-0.4, -0.2) is 0 Å². The summed E-state index contributed by atoms with van der Waals surface area (Å²) in [6.07, 6.45) is 1.08. The summed E-state index contributed by atoms with van der Waals surface area (Å²) in [5, 5.41) is 0. The molecule has 2 aromatic rings. The zero-order valence-corrected chi connectivity index (χ0v) is 11.2. The van der Waals surface area contributed by atoms with E-state index in [1.165, 1.54) is 39.0 Å². The van der Waals surface area contributed by atoms with Crippen LogP contribution in [0.15, 0.2) is 42.5 Å². The van der Waals surface area contributed by atoms with Gasteiger partial charge in [0.1, 0.15) is 0 Å². The van der Waals surface area contributed by atoms with Crippen LogP contribution in [0.4, 0.5) is 0 Å². The van der Waals surface area contributed by atoms with Crippen molar-refractivity contribution in [1.29, 1.82) is 0 Å². The molecule has 0 heteroatoms. The summed E-state index contributed by atoms with van der Waals surface area (Å²) >= 11 is 0. The third-order valence-electron chi connectivity index (χ3n) is 3.88. The standard InChI is InChI=1S/C18H18/c1-12-9-13(2)18-14(3)17(11-16(18)10-12)15-7-5-4-6-8-15/h4-10H,11H2,1-3H3. The van der Waals surface area contributed by atoms with Crippen molar-refractivity contribution in [3.8, 4) is 0 Å². The highest BCUT2D eigenvalue weighted by Crippen LogP contribution is 2.40. The molecule has 0 heterocycles. The monoisotopic (exact) mass is 234 g/mol. The smallest absolute Gasteiger partial charge is 0.00107 e. The first-order chi connectivity index (χ1) is 8.66. The molecule has 0 unspecified atom stereocenters. The van der Waals surface area contributed by atoms with E-state index >= 15 is 0 Å². The Hall–Kier alpha value is -1.82. The summed E-state index contributed by atoms with van der Waals surface area (Å²) in [7, 11) is 0. The molecule has 0 N–H and O–H groups in total. The van der Waals surface area contributed by atoms with Gasteiger partial charge < -0.3 is 0 Å². The van der Waals surface area contributed by atoms with E-state index in [1.807, 2.05) is 0 Å². The van der Waals surface area contributed by atoms with Crippen LogP contribution in [0, 0.1) is 13.8 Å². The zero-order chi connectivity index (χ0) is 12.7. The Morgan fingerprint density at radius 1 is 0.889 bits per heavy atom. The van der Waals surface area contributed by atoms with Crippen molar-refractivity contribution in [3.63, 3.8) is 0 Å². The Morgan fingerprint density at radius 3 is 2.33 bits per heavy atom. The van der Waals surface area contributed by atoms with E-state index in [4.69, 9.17) is 0 Å². The molecule has 90 valence electrons. The normalized spacial score (nSPS) is 13.9. The van der Waals surface area contributed by atoms with E-state index in [0.29, 0.717) is 0 Å². The second-order valence-electron chi connectivity index (χ2n) is 5.26. The first-order valence-corrected chi connectivity index (χ1v) is 6.52. The third kappa shape index (κ3) is 1.69. The molecular weight excluding hydrogens is 216 g/mol. The number of aryl methyl sites for hydroxylation is 2. The summed E-state index contributed by atoms with van der Waals surface area (Å²) in [6.45, 7) is 6.67. The molecule has 0 radical (unpaired) electrons. The van der Waals surface area contributed by atoms with Crippen LogP contribution in [0.3, 0.4) is 0 Å². The summed E-state index contributed by atoms with van der Waals surface area (Å²) in [6, 6.07) is 15.4. The molecule has 0 spiro atoms. The van der Waals surface area contributed by atoms with Crippen LogP contribution in [0.2, 0.25) is 0 Å². The molecule has 1 aliphatic carbocycles. The number of allylic oxidation sites excluding steroid dienone is 2. The molecule has 0 saturated heterocycles. The maximum Gasteiger partial charge on any atom is -0.00107 e. The van der Waals surface area contributed by atoms with Gasteiger partial charge >= 0.3 is 0 Å². The van der Waals surface area contributed by atoms with Gasteiger partial charge in [-0.05, 0) is 60.6 Å². The lowest BCUT2D eigenvalue weighted by Crippen LogP contribution is -1.89. The van der Waals surface area contributed by atoms with Gasteiger partial charge in [-0.25, -0.2) is 0 Å². The summed E-state index contributed by atoms with van der Waals surface area (Å²) in [5.41, 5.74) is 10.0. The maximum atomic E-state index is 2.34. The molecular formula is C18H18. The van der Waals surface area contributed by atoms with Gasteiger partial charge in [-0.2, -0.15) is 0 Å². The van der Waals surface area contributed by atoms with E-state index in [0.717, 1.165) is 6.42 Å². The number of hydrogen-bond donors (Lipinski definition) is 0. The first kappa shape index (κ1) is 11.3. The Morgan fingerprint density at radius 2 is 1.61 bits per heavy atom. The first-order valence-electron chi connectivity index (χ1n) is 6.52. The van der Waals surface area contributed by atoms with Gasteiger partial charge in [0.2, 0.25) is 0 Å². The quantitative estimate of drug-likeness (QED) is 0.665. The predicted molar refractivity (Wildman–Crippen MR) is 78.6 cm³/mol. The van der Waals surface area contributed by atoms with Crippen LogP contribution in [0.1, 0.15) is 34.7 Å². The van der Waals surface area contributed by atoms with Crippen LogP contribution < -0.4 is 0 Å². The van der Waals surface area contributed by atoms with Crippen molar-refractivity contribution < 1.29 is 0 Å². The van der Waals surface area contributed by atoms with Gasteiger partial charge in [0.25, 0.3) is 0 Å². The Bertz CT molecular complexity index is 631. The minimum atomic E-state index is 1.08. The average Bonchev–Trinajstić information content (AvgIpc) is 2.67. The molecule has 0 amide bonds. The number of rotatable bonds is 1. The summed E-state index contributed by atoms with van der Waals surface area (Å²) in [5.74, 6) is 0. The predicted octanol–water partition coefficient (Wildman–Crippen LogP) is 4.79. The Labute approximate surface area is 109 Å². The number of benzene rings is 2. The largest absolute Gasteiger partial charge is 0.0622 e. The molecule has 0 fully saturated rings. The van der Waals surface area contributed by atoms with E-state index in [2.05, 4.69) is 63.2 Å². The van der Waals surface area contributed by atoms with Gasteiger partial charge in [-0.3, -0.25) is 0 Å². The zero-order valence-electron chi connectivity index (χ0n) is 11.2. The molecule has 0 saturated carbocycles. The maximum absolute atomic E-state index is 2.34. The minimum Gasteiger partial charge on any atom is -0.0622 e. The van der Waals surface area contributed by atoms with Crippen molar-refractivity contribution in [2.24, 2.45) is 0 Å². The number of hydrogen-bond acceptors (Lipinski definition) is 0. The minimum absolute atomic E-state index is 1.08. The van der Waals surface area contributed by atoms with Crippen LogP contribution in [-0.2, 0) is 6.42 Å². The fourth-order valence-electron chi connectivity index (χ4n) is 3.16. The second-order valence-corrected chi connectivity index (χ2v) is 5.26.